The van der Waals surface area contributed by atoms with Crippen molar-refractivity contribution in [1.82, 2.24) is 5.32 Å². The highest BCUT2D eigenvalue weighted by Crippen LogP contribution is 2.24. The van der Waals surface area contributed by atoms with Crippen LogP contribution < -0.4 is 10.1 Å². The monoisotopic (exact) mass is 221 g/mol. The minimum absolute atomic E-state index is 0.0846. The van der Waals surface area contributed by atoms with E-state index in [-0.39, 0.29) is 11.9 Å². The van der Waals surface area contributed by atoms with Crippen LogP contribution in [-0.2, 0) is 0 Å². The summed E-state index contributed by atoms with van der Waals surface area (Å²) in [5.41, 5.74) is 2.65. The van der Waals surface area contributed by atoms with Crippen LogP contribution in [0.3, 0.4) is 0 Å². The van der Waals surface area contributed by atoms with Crippen molar-refractivity contribution in [3.05, 3.63) is 28.8 Å². The van der Waals surface area contributed by atoms with Gasteiger partial charge in [-0.05, 0) is 44.9 Å². The van der Waals surface area contributed by atoms with E-state index in [1.54, 1.807) is 7.11 Å². The second kappa shape index (κ2) is 5.01. The Morgan fingerprint density at radius 1 is 1.31 bits per heavy atom. The zero-order valence-electron chi connectivity index (χ0n) is 10.5. The summed E-state index contributed by atoms with van der Waals surface area (Å²) in [7, 11) is 1.59. The summed E-state index contributed by atoms with van der Waals surface area (Å²) in [5.74, 6) is 0.572. The molecule has 0 aliphatic heterocycles. The average molecular weight is 221 g/mol. The van der Waals surface area contributed by atoms with Crippen molar-refractivity contribution < 1.29 is 9.53 Å². The van der Waals surface area contributed by atoms with Gasteiger partial charge in [0.2, 0.25) is 0 Å². The Morgan fingerprint density at radius 2 is 1.94 bits per heavy atom. The van der Waals surface area contributed by atoms with Gasteiger partial charge in [0.1, 0.15) is 5.75 Å². The molecule has 0 atom stereocenters. The molecule has 0 bridgehead atoms. The van der Waals surface area contributed by atoms with Crippen LogP contribution in [0.2, 0.25) is 0 Å². The molecule has 0 saturated heterocycles. The lowest BCUT2D eigenvalue weighted by Crippen LogP contribution is -2.30. The van der Waals surface area contributed by atoms with Crippen molar-refractivity contribution in [2.75, 3.05) is 7.11 Å². The van der Waals surface area contributed by atoms with Gasteiger partial charge in [0.15, 0.2) is 0 Å². The Hall–Kier alpha value is -1.51. The van der Waals surface area contributed by atoms with Gasteiger partial charge in [-0.2, -0.15) is 0 Å². The van der Waals surface area contributed by atoms with E-state index in [1.807, 2.05) is 39.8 Å². The average Bonchev–Trinajstić information content (AvgIpc) is 2.15. The molecule has 0 spiro atoms. The first-order valence-electron chi connectivity index (χ1n) is 5.41. The number of rotatable bonds is 3. The first-order chi connectivity index (χ1) is 7.45. The fraction of sp³-hybridized carbons (Fsp3) is 0.462. The Kier molecular flexibility index (Phi) is 3.93. The van der Waals surface area contributed by atoms with E-state index >= 15 is 0 Å². The van der Waals surface area contributed by atoms with Gasteiger partial charge in [-0.1, -0.05) is 6.07 Å². The second-order valence-electron chi connectivity index (χ2n) is 4.29. The quantitative estimate of drug-likeness (QED) is 0.851. The predicted octanol–water partition coefficient (Wildman–Crippen LogP) is 2.45. The number of hydrogen-bond acceptors (Lipinski definition) is 2. The fourth-order valence-electron chi connectivity index (χ4n) is 1.73. The SMILES string of the molecule is COc1c(C)cc(C)cc1C(=O)NC(C)C. The van der Waals surface area contributed by atoms with Crippen molar-refractivity contribution >= 4 is 5.91 Å². The molecule has 1 rings (SSSR count). The summed E-state index contributed by atoms with van der Waals surface area (Å²) >= 11 is 0. The second-order valence-corrected chi connectivity index (χ2v) is 4.29. The largest absolute Gasteiger partial charge is 0.496 e. The van der Waals surface area contributed by atoms with E-state index in [9.17, 15) is 4.79 Å². The maximum Gasteiger partial charge on any atom is 0.255 e. The van der Waals surface area contributed by atoms with E-state index in [2.05, 4.69) is 5.32 Å². The van der Waals surface area contributed by atoms with Crippen LogP contribution in [0.25, 0.3) is 0 Å². The highest BCUT2D eigenvalue weighted by atomic mass is 16.5. The molecule has 0 saturated carbocycles. The number of carbonyl (C=O) groups is 1. The Balaban J connectivity index is 3.15. The topological polar surface area (TPSA) is 38.3 Å². The lowest BCUT2D eigenvalue weighted by molar-refractivity contribution is 0.0940. The molecule has 88 valence electrons. The minimum Gasteiger partial charge on any atom is -0.496 e. The summed E-state index contributed by atoms with van der Waals surface area (Å²) in [5, 5.41) is 2.87. The summed E-state index contributed by atoms with van der Waals surface area (Å²) in [6, 6.07) is 3.98. The van der Waals surface area contributed by atoms with Gasteiger partial charge in [0, 0.05) is 6.04 Å². The van der Waals surface area contributed by atoms with Crippen molar-refractivity contribution in [2.45, 2.75) is 33.7 Å². The van der Waals surface area contributed by atoms with Crippen LogP contribution in [0.4, 0.5) is 0 Å². The summed E-state index contributed by atoms with van der Waals surface area (Å²) in [6.07, 6.45) is 0. The lowest BCUT2D eigenvalue weighted by atomic mass is 10.0. The maximum absolute atomic E-state index is 11.9. The van der Waals surface area contributed by atoms with Crippen LogP contribution >= 0.6 is 0 Å². The Morgan fingerprint density at radius 3 is 2.44 bits per heavy atom. The van der Waals surface area contributed by atoms with Gasteiger partial charge in [0.05, 0.1) is 12.7 Å². The molecule has 1 aromatic rings. The standard InChI is InChI=1S/C13H19NO2/c1-8(2)14-13(15)11-7-9(3)6-10(4)12(11)16-5/h6-8H,1-5H3,(H,14,15). The van der Waals surface area contributed by atoms with E-state index in [4.69, 9.17) is 4.74 Å². The molecule has 16 heavy (non-hydrogen) atoms. The minimum atomic E-state index is -0.0846. The van der Waals surface area contributed by atoms with Crippen LogP contribution in [0.1, 0.15) is 35.3 Å². The summed E-state index contributed by atoms with van der Waals surface area (Å²) in [6.45, 7) is 7.79. The molecule has 0 unspecified atom stereocenters. The van der Waals surface area contributed by atoms with E-state index in [1.165, 1.54) is 0 Å². The molecule has 0 aliphatic rings. The van der Waals surface area contributed by atoms with Crippen LogP contribution in [-0.4, -0.2) is 19.1 Å². The van der Waals surface area contributed by atoms with Gasteiger partial charge in [0.25, 0.3) is 5.91 Å². The normalized spacial score (nSPS) is 10.4. The molecule has 0 heterocycles. The van der Waals surface area contributed by atoms with Crippen LogP contribution in [0.15, 0.2) is 12.1 Å². The molecular formula is C13H19NO2. The van der Waals surface area contributed by atoms with Gasteiger partial charge >= 0.3 is 0 Å². The van der Waals surface area contributed by atoms with Gasteiger partial charge in [-0.25, -0.2) is 0 Å². The predicted molar refractivity (Wildman–Crippen MR) is 65.1 cm³/mol. The first kappa shape index (κ1) is 12.6. The highest BCUT2D eigenvalue weighted by Gasteiger charge is 2.15. The number of carbonyl (C=O) groups excluding carboxylic acids is 1. The smallest absolute Gasteiger partial charge is 0.255 e. The van der Waals surface area contributed by atoms with E-state index in [0.717, 1.165) is 11.1 Å². The number of aryl methyl sites for hydroxylation is 2. The third kappa shape index (κ3) is 2.75. The summed E-state index contributed by atoms with van der Waals surface area (Å²) < 4.78 is 5.27. The zero-order chi connectivity index (χ0) is 12.3. The number of amides is 1. The third-order valence-corrected chi connectivity index (χ3v) is 2.29. The molecule has 1 N–H and O–H groups in total. The molecular weight excluding hydrogens is 202 g/mol. The number of benzene rings is 1. The molecule has 0 aliphatic carbocycles. The summed E-state index contributed by atoms with van der Waals surface area (Å²) in [4.78, 5) is 11.9. The maximum atomic E-state index is 11.9. The molecule has 1 aromatic carbocycles. The lowest BCUT2D eigenvalue weighted by Gasteiger charge is -2.14. The number of ether oxygens (including phenoxy) is 1. The van der Waals surface area contributed by atoms with Gasteiger partial charge in [-0.15, -0.1) is 0 Å². The Labute approximate surface area is 96.8 Å². The molecule has 0 fully saturated rings. The third-order valence-electron chi connectivity index (χ3n) is 2.29. The number of hydrogen-bond donors (Lipinski definition) is 1. The molecule has 0 radical (unpaired) electrons. The number of nitrogens with one attached hydrogen (secondary N) is 1. The number of methoxy groups -OCH3 is 1. The fourth-order valence-corrected chi connectivity index (χ4v) is 1.73. The van der Waals surface area contributed by atoms with Crippen LogP contribution in [0.5, 0.6) is 5.75 Å². The molecule has 3 heteroatoms. The van der Waals surface area contributed by atoms with Gasteiger partial charge in [-0.3, -0.25) is 4.79 Å². The van der Waals surface area contributed by atoms with Gasteiger partial charge < -0.3 is 10.1 Å². The molecule has 1 amide bonds. The van der Waals surface area contributed by atoms with Crippen molar-refractivity contribution in [1.29, 1.82) is 0 Å². The van der Waals surface area contributed by atoms with E-state index in [0.29, 0.717) is 11.3 Å². The molecule has 0 aromatic heterocycles. The van der Waals surface area contributed by atoms with E-state index < -0.39 is 0 Å². The van der Waals surface area contributed by atoms with Crippen molar-refractivity contribution in [2.24, 2.45) is 0 Å². The highest BCUT2D eigenvalue weighted by molar-refractivity contribution is 5.97. The Bertz CT molecular complexity index is 397. The van der Waals surface area contributed by atoms with Crippen molar-refractivity contribution in [3.8, 4) is 5.75 Å². The van der Waals surface area contributed by atoms with Crippen molar-refractivity contribution in [3.63, 3.8) is 0 Å². The van der Waals surface area contributed by atoms with Crippen LogP contribution in [0, 0.1) is 13.8 Å². The zero-order valence-corrected chi connectivity index (χ0v) is 10.5. The molecule has 3 nitrogen and oxygen atoms in total. The first-order valence-corrected chi connectivity index (χ1v) is 5.41.